The van der Waals surface area contributed by atoms with E-state index in [1.807, 2.05) is 24.3 Å². The van der Waals surface area contributed by atoms with Gasteiger partial charge in [0.1, 0.15) is 12.4 Å². The number of hydrogen-bond acceptors (Lipinski definition) is 2. The first-order valence-electron chi connectivity index (χ1n) is 7.26. The second-order valence-electron chi connectivity index (χ2n) is 5.25. The zero-order valence-corrected chi connectivity index (χ0v) is 13.5. The molecule has 0 aliphatic carbocycles. The summed E-state index contributed by atoms with van der Waals surface area (Å²) in [5.41, 5.74) is 10.5. The van der Waals surface area contributed by atoms with Gasteiger partial charge in [0.2, 0.25) is 0 Å². The zero-order chi connectivity index (χ0) is 14.7. The Labute approximate surface area is 136 Å². The van der Waals surface area contributed by atoms with Gasteiger partial charge in [-0.25, -0.2) is 0 Å². The third kappa shape index (κ3) is 3.43. The average molecular weight is 317 g/mol. The molecule has 0 unspecified atom stereocenters. The SMILES string of the molecule is Cc1[nH]c2ccc(OCc3ccccc3)cc2c1CCN.Cl. The highest BCUT2D eigenvalue weighted by Crippen LogP contribution is 2.27. The van der Waals surface area contributed by atoms with Crippen molar-refractivity contribution in [3.63, 3.8) is 0 Å². The maximum atomic E-state index is 5.90. The molecule has 22 heavy (non-hydrogen) atoms. The summed E-state index contributed by atoms with van der Waals surface area (Å²) in [7, 11) is 0. The molecule has 4 heteroatoms. The first-order valence-corrected chi connectivity index (χ1v) is 7.26. The molecule has 0 aliphatic heterocycles. The smallest absolute Gasteiger partial charge is 0.120 e. The molecule has 0 bridgehead atoms. The van der Waals surface area contributed by atoms with E-state index in [1.165, 1.54) is 22.2 Å². The molecule has 3 rings (SSSR count). The van der Waals surface area contributed by atoms with Crippen molar-refractivity contribution >= 4 is 23.3 Å². The number of ether oxygens (including phenoxy) is 1. The third-order valence-corrected chi connectivity index (χ3v) is 3.73. The van der Waals surface area contributed by atoms with Crippen LogP contribution in [0.3, 0.4) is 0 Å². The van der Waals surface area contributed by atoms with Crippen LogP contribution >= 0.6 is 12.4 Å². The fraction of sp³-hybridized carbons (Fsp3) is 0.222. The van der Waals surface area contributed by atoms with E-state index < -0.39 is 0 Å². The van der Waals surface area contributed by atoms with Gasteiger partial charge in [0, 0.05) is 16.6 Å². The number of H-pyrrole nitrogens is 1. The summed E-state index contributed by atoms with van der Waals surface area (Å²) in [5.74, 6) is 0.892. The number of aromatic nitrogens is 1. The molecule has 3 nitrogen and oxygen atoms in total. The number of aryl methyl sites for hydroxylation is 1. The predicted octanol–water partition coefficient (Wildman–Crippen LogP) is 3.98. The van der Waals surface area contributed by atoms with Gasteiger partial charge in [0.15, 0.2) is 0 Å². The summed E-state index contributed by atoms with van der Waals surface area (Å²) in [5, 5.41) is 1.21. The van der Waals surface area contributed by atoms with Crippen LogP contribution in [0.4, 0.5) is 0 Å². The Morgan fingerprint density at radius 3 is 2.59 bits per heavy atom. The quantitative estimate of drug-likeness (QED) is 0.748. The van der Waals surface area contributed by atoms with E-state index in [4.69, 9.17) is 10.5 Å². The van der Waals surface area contributed by atoms with Gasteiger partial charge >= 0.3 is 0 Å². The third-order valence-electron chi connectivity index (χ3n) is 3.73. The maximum absolute atomic E-state index is 5.90. The lowest BCUT2D eigenvalue weighted by Crippen LogP contribution is -2.03. The number of aromatic amines is 1. The second-order valence-corrected chi connectivity index (χ2v) is 5.25. The van der Waals surface area contributed by atoms with E-state index in [2.05, 4.69) is 36.2 Å². The van der Waals surface area contributed by atoms with Crippen LogP contribution in [-0.4, -0.2) is 11.5 Å². The summed E-state index contributed by atoms with van der Waals surface area (Å²) < 4.78 is 5.90. The van der Waals surface area contributed by atoms with Gasteiger partial charge in [-0.05, 0) is 49.2 Å². The lowest BCUT2D eigenvalue weighted by Gasteiger charge is -2.07. The van der Waals surface area contributed by atoms with E-state index in [9.17, 15) is 0 Å². The van der Waals surface area contributed by atoms with E-state index in [1.54, 1.807) is 0 Å². The molecule has 0 saturated heterocycles. The normalized spacial score (nSPS) is 10.5. The number of rotatable bonds is 5. The summed E-state index contributed by atoms with van der Waals surface area (Å²) >= 11 is 0. The van der Waals surface area contributed by atoms with Crippen molar-refractivity contribution in [3.05, 3.63) is 65.4 Å². The number of benzene rings is 2. The average Bonchev–Trinajstić information content (AvgIpc) is 2.82. The predicted molar refractivity (Wildman–Crippen MR) is 93.8 cm³/mol. The molecule has 0 spiro atoms. The minimum atomic E-state index is 0. The van der Waals surface area contributed by atoms with E-state index in [0.29, 0.717) is 13.2 Å². The number of nitrogens with two attached hydrogens (primary N) is 1. The minimum Gasteiger partial charge on any atom is -0.489 e. The van der Waals surface area contributed by atoms with Gasteiger partial charge in [-0.15, -0.1) is 12.4 Å². The first-order chi connectivity index (χ1) is 10.3. The van der Waals surface area contributed by atoms with Crippen LogP contribution in [0.2, 0.25) is 0 Å². The van der Waals surface area contributed by atoms with Crippen molar-refractivity contribution in [1.82, 2.24) is 4.98 Å². The fourth-order valence-corrected chi connectivity index (χ4v) is 2.66. The van der Waals surface area contributed by atoms with Crippen molar-refractivity contribution in [2.45, 2.75) is 20.0 Å². The lowest BCUT2D eigenvalue weighted by atomic mass is 10.1. The minimum absolute atomic E-state index is 0. The first kappa shape index (κ1) is 16.4. The molecule has 3 aromatic rings. The van der Waals surface area contributed by atoms with Gasteiger partial charge in [0.25, 0.3) is 0 Å². The van der Waals surface area contributed by atoms with Gasteiger partial charge in [-0.2, -0.15) is 0 Å². The Bertz CT molecular complexity index is 737. The Morgan fingerprint density at radius 2 is 1.86 bits per heavy atom. The van der Waals surface area contributed by atoms with Gasteiger partial charge in [0.05, 0.1) is 0 Å². The highest BCUT2D eigenvalue weighted by atomic mass is 35.5. The molecule has 0 fully saturated rings. The molecule has 0 amide bonds. The Balaban J connectivity index is 0.00000176. The molecule has 1 aromatic heterocycles. The number of halogens is 1. The number of hydrogen-bond donors (Lipinski definition) is 2. The van der Waals surface area contributed by atoms with E-state index in [-0.39, 0.29) is 12.4 Å². The lowest BCUT2D eigenvalue weighted by molar-refractivity contribution is 0.306. The van der Waals surface area contributed by atoms with Crippen molar-refractivity contribution in [3.8, 4) is 5.75 Å². The standard InChI is InChI=1S/C18H20N2O.ClH/c1-13-16(9-10-19)17-11-15(7-8-18(17)20-13)21-12-14-5-3-2-4-6-14;/h2-8,11,20H,9-10,12,19H2,1H3;1H. The molecule has 116 valence electrons. The molecule has 0 atom stereocenters. The van der Waals surface area contributed by atoms with Crippen LogP contribution in [0.15, 0.2) is 48.5 Å². The summed E-state index contributed by atoms with van der Waals surface area (Å²) in [4.78, 5) is 3.40. The van der Waals surface area contributed by atoms with E-state index >= 15 is 0 Å². The fourth-order valence-electron chi connectivity index (χ4n) is 2.66. The summed E-state index contributed by atoms with van der Waals surface area (Å²) in [6.07, 6.45) is 0.883. The Morgan fingerprint density at radius 1 is 1.09 bits per heavy atom. The van der Waals surface area contributed by atoms with Crippen molar-refractivity contribution in [2.24, 2.45) is 5.73 Å². The molecule has 0 saturated carbocycles. The highest BCUT2D eigenvalue weighted by molar-refractivity contribution is 5.86. The van der Waals surface area contributed by atoms with Crippen LogP contribution in [0.25, 0.3) is 10.9 Å². The molecular formula is C18H21ClN2O. The topological polar surface area (TPSA) is 51.0 Å². The number of nitrogens with one attached hydrogen (secondary N) is 1. The number of fused-ring (bicyclic) bond motifs is 1. The van der Waals surface area contributed by atoms with Crippen molar-refractivity contribution < 1.29 is 4.74 Å². The van der Waals surface area contributed by atoms with Crippen molar-refractivity contribution in [1.29, 1.82) is 0 Å². The molecule has 0 aliphatic rings. The Kier molecular flexibility index (Phi) is 5.47. The largest absolute Gasteiger partial charge is 0.489 e. The van der Waals surface area contributed by atoms with Crippen LogP contribution in [-0.2, 0) is 13.0 Å². The van der Waals surface area contributed by atoms with Gasteiger partial charge < -0.3 is 15.5 Å². The zero-order valence-electron chi connectivity index (χ0n) is 12.6. The van der Waals surface area contributed by atoms with Crippen molar-refractivity contribution in [2.75, 3.05) is 6.54 Å². The van der Waals surface area contributed by atoms with E-state index in [0.717, 1.165) is 17.7 Å². The molecular weight excluding hydrogens is 296 g/mol. The highest BCUT2D eigenvalue weighted by Gasteiger charge is 2.08. The molecule has 3 N–H and O–H groups in total. The van der Waals surface area contributed by atoms with Crippen LogP contribution < -0.4 is 10.5 Å². The van der Waals surface area contributed by atoms with Crippen LogP contribution in [0.5, 0.6) is 5.75 Å². The monoisotopic (exact) mass is 316 g/mol. The van der Waals surface area contributed by atoms with Gasteiger partial charge in [-0.3, -0.25) is 0 Å². The van der Waals surface area contributed by atoms with Crippen LogP contribution in [0, 0.1) is 6.92 Å². The second kappa shape index (κ2) is 7.34. The Hall–Kier alpha value is -1.97. The maximum Gasteiger partial charge on any atom is 0.120 e. The molecule has 2 aromatic carbocycles. The van der Waals surface area contributed by atoms with Gasteiger partial charge in [-0.1, -0.05) is 30.3 Å². The summed E-state index contributed by atoms with van der Waals surface area (Å²) in [6.45, 7) is 3.33. The molecule has 0 radical (unpaired) electrons. The summed E-state index contributed by atoms with van der Waals surface area (Å²) in [6, 6.07) is 16.4. The molecule has 1 heterocycles. The van der Waals surface area contributed by atoms with Crippen LogP contribution in [0.1, 0.15) is 16.8 Å².